The highest BCUT2D eigenvalue weighted by Gasteiger charge is 2.08. The van der Waals surface area contributed by atoms with Gasteiger partial charge in [-0.3, -0.25) is 9.78 Å². The van der Waals surface area contributed by atoms with E-state index in [1.807, 2.05) is 0 Å². The maximum absolute atomic E-state index is 11.5. The maximum Gasteiger partial charge on any atom is 0.295 e. The zero-order chi connectivity index (χ0) is 11.5. The van der Waals surface area contributed by atoms with Gasteiger partial charge in [0.25, 0.3) is 5.56 Å². The average Bonchev–Trinajstić information content (AvgIpc) is 2.62. The SMILES string of the molecule is CCCCCc1cnc2c(=O)[nH]c(N)nn12. The van der Waals surface area contributed by atoms with Crippen molar-refractivity contribution in [3.63, 3.8) is 0 Å². The molecule has 0 fully saturated rings. The van der Waals surface area contributed by atoms with Crippen LogP contribution in [0.4, 0.5) is 5.95 Å². The molecular formula is C10H15N5O. The van der Waals surface area contributed by atoms with Crippen molar-refractivity contribution in [2.45, 2.75) is 32.6 Å². The van der Waals surface area contributed by atoms with Crippen molar-refractivity contribution in [1.29, 1.82) is 0 Å². The summed E-state index contributed by atoms with van der Waals surface area (Å²) in [5.74, 6) is 0.118. The van der Waals surface area contributed by atoms with Crippen LogP contribution in [0.15, 0.2) is 11.0 Å². The molecule has 0 spiro atoms. The van der Waals surface area contributed by atoms with Gasteiger partial charge in [-0.05, 0) is 12.8 Å². The number of imidazole rings is 1. The van der Waals surface area contributed by atoms with Crippen LogP contribution in [0.2, 0.25) is 0 Å². The van der Waals surface area contributed by atoms with Crippen molar-refractivity contribution in [2.75, 3.05) is 5.73 Å². The van der Waals surface area contributed by atoms with Crippen LogP contribution in [0.1, 0.15) is 31.9 Å². The number of unbranched alkanes of at least 4 members (excludes halogenated alkanes) is 2. The molecular weight excluding hydrogens is 206 g/mol. The van der Waals surface area contributed by atoms with Crippen molar-refractivity contribution in [1.82, 2.24) is 19.6 Å². The molecule has 0 unspecified atom stereocenters. The van der Waals surface area contributed by atoms with E-state index >= 15 is 0 Å². The molecule has 0 amide bonds. The van der Waals surface area contributed by atoms with Gasteiger partial charge in [0.2, 0.25) is 11.6 Å². The summed E-state index contributed by atoms with van der Waals surface area (Å²) in [7, 11) is 0. The Morgan fingerprint density at radius 3 is 3.06 bits per heavy atom. The highest BCUT2D eigenvalue weighted by Crippen LogP contribution is 2.07. The minimum Gasteiger partial charge on any atom is -0.368 e. The van der Waals surface area contributed by atoms with Gasteiger partial charge in [-0.1, -0.05) is 19.8 Å². The van der Waals surface area contributed by atoms with Crippen LogP contribution in [0, 0.1) is 0 Å². The molecule has 0 aliphatic heterocycles. The van der Waals surface area contributed by atoms with Crippen LogP contribution >= 0.6 is 0 Å². The summed E-state index contributed by atoms with van der Waals surface area (Å²) >= 11 is 0. The normalized spacial score (nSPS) is 11.1. The molecule has 6 nitrogen and oxygen atoms in total. The maximum atomic E-state index is 11.5. The number of nitrogen functional groups attached to an aromatic ring is 1. The Kier molecular flexibility index (Phi) is 2.89. The summed E-state index contributed by atoms with van der Waals surface area (Å²) < 4.78 is 1.53. The first-order valence-electron chi connectivity index (χ1n) is 5.44. The van der Waals surface area contributed by atoms with Gasteiger partial charge in [-0.25, -0.2) is 9.50 Å². The Balaban J connectivity index is 2.36. The zero-order valence-corrected chi connectivity index (χ0v) is 9.23. The first kappa shape index (κ1) is 10.7. The second-order valence-corrected chi connectivity index (χ2v) is 3.78. The van der Waals surface area contributed by atoms with E-state index in [4.69, 9.17) is 5.73 Å². The number of H-pyrrole nitrogens is 1. The van der Waals surface area contributed by atoms with Gasteiger partial charge in [-0.15, -0.1) is 5.10 Å². The van der Waals surface area contributed by atoms with E-state index in [1.54, 1.807) is 6.20 Å². The summed E-state index contributed by atoms with van der Waals surface area (Å²) in [6.45, 7) is 2.15. The number of fused-ring (bicyclic) bond motifs is 1. The average molecular weight is 221 g/mol. The van der Waals surface area contributed by atoms with Gasteiger partial charge in [0.1, 0.15) is 0 Å². The van der Waals surface area contributed by atoms with E-state index in [2.05, 4.69) is 22.0 Å². The number of hydrogen-bond donors (Lipinski definition) is 2. The number of anilines is 1. The molecule has 2 aromatic heterocycles. The molecule has 16 heavy (non-hydrogen) atoms. The predicted molar refractivity (Wildman–Crippen MR) is 61.2 cm³/mol. The van der Waals surface area contributed by atoms with Crippen LogP contribution in [-0.4, -0.2) is 19.6 Å². The van der Waals surface area contributed by atoms with Gasteiger partial charge in [-0.2, -0.15) is 0 Å². The summed E-state index contributed by atoms with van der Waals surface area (Å²) in [5.41, 5.74) is 6.43. The van der Waals surface area contributed by atoms with Crippen molar-refractivity contribution in [2.24, 2.45) is 0 Å². The van der Waals surface area contributed by atoms with E-state index in [0.29, 0.717) is 5.65 Å². The summed E-state index contributed by atoms with van der Waals surface area (Å²) in [5, 5.41) is 4.05. The van der Waals surface area contributed by atoms with Gasteiger partial charge in [0, 0.05) is 0 Å². The molecule has 86 valence electrons. The van der Waals surface area contributed by atoms with Gasteiger partial charge in [0.15, 0.2) is 0 Å². The number of nitrogens with one attached hydrogen (secondary N) is 1. The Labute approximate surface area is 92.5 Å². The first-order chi connectivity index (χ1) is 7.72. The van der Waals surface area contributed by atoms with Crippen molar-refractivity contribution < 1.29 is 0 Å². The van der Waals surface area contributed by atoms with Crippen LogP contribution in [0.5, 0.6) is 0 Å². The van der Waals surface area contributed by atoms with E-state index in [-0.39, 0.29) is 11.5 Å². The number of aromatic nitrogens is 4. The van der Waals surface area contributed by atoms with Gasteiger partial charge >= 0.3 is 0 Å². The second kappa shape index (κ2) is 4.34. The standard InChI is InChI=1S/C10H15N5O/c1-2-3-4-5-7-6-12-8-9(16)13-10(11)14-15(7)8/h6H,2-5H2,1H3,(H3,11,13,14,16). The fourth-order valence-corrected chi connectivity index (χ4v) is 1.68. The van der Waals surface area contributed by atoms with E-state index in [1.165, 1.54) is 4.52 Å². The smallest absolute Gasteiger partial charge is 0.295 e. The molecule has 2 rings (SSSR count). The fourth-order valence-electron chi connectivity index (χ4n) is 1.68. The lowest BCUT2D eigenvalue weighted by molar-refractivity contribution is 0.691. The monoisotopic (exact) mass is 221 g/mol. The highest BCUT2D eigenvalue weighted by atomic mass is 16.1. The minimum atomic E-state index is -0.297. The largest absolute Gasteiger partial charge is 0.368 e. The van der Waals surface area contributed by atoms with E-state index in [0.717, 1.165) is 31.4 Å². The molecule has 0 radical (unpaired) electrons. The lowest BCUT2D eigenvalue weighted by Crippen LogP contribution is -2.16. The van der Waals surface area contributed by atoms with Crippen LogP contribution < -0.4 is 11.3 Å². The molecule has 0 saturated heterocycles. The number of aryl methyl sites for hydroxylation is 1. The second-order valence-electron chi connectivity index (χ2n) is 3.78. The molecule has 0 atom stereocenters. The van der Waals surface area contributed by atoms with Crippen LogP contribution in [0.3, 0.4) is 0 Å². The number of hydrogen-bond acceptors (Lipinski definition) is 4. The number of nitrogens with zero attached hydrogens (tertiary/aromatic N) is 3. The van der Waals surface area contributed by atoms with Gasteiger partial charge in [0.05, 0.1) is 11.9 Å². The molecule has 3 N–H and O–H groups in total. The molecule has 0 aliphatic rings. The third-order valence-electron chi connectivity index (χ3n) is 2.50. The van der Waals surface area contributed by atoms with Crippen LogP contribution in [-0.2, 0) is 6.42 Å². The molecule has 0 aliphatic carbocycles. The molecule has 0 aromatic carbocycles. The summed E-state index contributed by atoms with van der Waals surface area (Å²) in [6.07, 6.45) is 5.94. The third kappa shape index (κ3) is 1.91. The predicted octanol–water partition coefficient (Wildman–Crippen LogP) is 0.732. The third-order valence-corrected chi connectivity index (χ3v) is 2.50. The van der Waals surface area contributed by atoms with Crippen molar-refractivity contribution in [3.8, 4) is 0 Å². The highest BCUT2D eigenvalue weighted by molar-refractivity contribution is 5.37. The fraction of sp³-hybridized carbons (Fsp3) is 0.500. The molecule has 6 heteroatoms. The Morgan fingerprint density at radius 1 is 1.50 bits per heavy atom. The molecule has 2 aromatic rings. The lowest BCUT2D eigenvalue weighted by Gasteiger charge is -2.00. The molecule has 0 saturated carbocycles. The van der Waals surface area contributed by atoms with Crippen LogP contribution in [0.25, 0.3) is 5.65 Å². The summed E-state index contributed by atoms with van der Waals surface area (Å²) in [4.78, 5) is 17.9. The number of nitrogens with two attached hydrogens (primary N) is 1. The Hall–Kier alpha value is -1.85. The first-order valence-corrected chi connectivity index (χ1v) is 5.44. The molecule has 2 heterocycles. The number of aromatic amines is 1. The number of rotatable bonds is 4. The Morgan fingerprint density at radius 2 is 2.31 bits per heavy atom. The lowest BCUT2D eigenvalue weighted by atomic mass is 10.2. The quantitative estimate of drug-likeness (QED) is 0.745. The Bertz CT molecular complexity index is 542. The summed E-state index contributed by atoms with van der Waals surface area (Å²) in [6, 6.07) is 0. The van der Waals surface area contributed by atoms with E-state index < -0.39 is 0 Å². The van der Waals surface area contributed by atoms with Crippen molar-refractivity contribution in [3.05, 3.63) is 22.2 Å². The topological polar surface area (TPSA) is 89.1 Å². The zero-order valence-electron chi connectivity index (χ0n) is 9.23. The van der Waals surface area contributed by atoms with E-state index in [9.17, 15) is 4.79 Å². The molecule has 0 bridgehead atoms. The van der Waals surface area contributed by atoms with Crippen molar-refractivity contribution >= 4 is 11.6 Å². The van der Waals surface area contributed by atoms with Gasteiger partial charge < -0.3 is 5.73 Å². The minimum absolute atomic E-state index is 0.118.